The molecule has 0 radical (unpaired) electrons. The van der Waals surface area contributed by atoms with Gasteiger partial charge < -0.3 is 14.8 Å². The van der Waals surface area contributed by atoms with E-state index in [4.69, 9.17) is 9.47 Å². The lowest BCUT2D eigenvalue weighted by molar-refractivity contribution is -0.155. The van der Waals surface area contributed by atoms with Crippen LogP contribution in [0.5, 0.6) is 5.75 Å². The highest BCUT2D eigenvalue weighted by molar-refractivity contribution is 5.95. The summed E-state index contributed by atoms with van der Waals surface area (Å²) in [6.45, 7) is 5.18. The fourth-order valence-corrected chi connectivity index (χ4v) is 2.21. The predicted molar refractivity (Wildman–Crippen MR) is 92.0 cm³/mol. The quantitative estimate of drug-likeness (QED) is 0.827. The zero-order chi connectivity index (χ0) is 17.5. The van der Waals surface area contributed by atoms with Gasteiger partial charge in [0.1, 0.15) is 5.75 Å². The van der Waals surface area contributed by atoms with Crippen molar-refractivity contribution in [3.05, 3.63) is 59.7 Å². The van der Waals surface area contributed by atoms with E-state index in [0.717, 1.165) is 11.1 Å². The highest BCUT2D eigenvalue weighted by Crippen LogP contribution is 2.16. The molecular weight excluding hydrogens is 306 g/mol. The first-order valence-electron chi connectivity index (χ1n) is 7.70. The number of esters is 1. The van der Waals surface area contributed by atoms with Gasteiger partial charge in [-0.15, -0.1) is 0 Å². The molecule has 0 bridgehead atoms. The minimum absolute atomic E-state index is 0.244. The maximum atomic E-state index is 12.0. The van der Waals surface area contributed by atoms with Gasteiger partial charge in [0.05, 0.1) is 0 Å². The van der Waals surface area contributed by atoms with Crippen molar-refractivity contribution in [1.29, 1.82) is 0 Å². The monoisotopic (exact) mass is 327 g/mol. The molecule has 1 atom stereocenters. The summed E-state index contributed by atoms with van der Waals surface area (Å²) in [5.41, 5.74) is 2.75. The van der Waals surface area contributed by atoms with Crippen LogP contribution in [0, 0.1) is 13.8 Å². The number of anilines is 1. The van der Waals surface area contributed by atoms with Crippen LogP contribution in [0.15, 0.2) is 48.5 Å². The third kappa shape index (κ3) is 5.43. The summed E-state index contributed by atoms with van der Waals surface area (Å²) in [5.74, 6) is -0.378. The molecule has 1 amide bonds. The molecule has 0 saturated heterocycles. The average molecular weight is 327 g/mol. The molecule has 0 aliphatic rings. The van der Waals surface area contributed by atoms with Crippen molar-refractivity contribution in [1.82, 2.24) is 0 Å². The second kappa shape index (κ2) is 8.15. The van der Waals surface area contributed by atoms with Gasteiger partial charge in [-0.1, -0.05) is 24.3 Å². The van der Waals surface area contributed by atoms with Crippen LogP contribution in [0.25, 0.3) is 0 Å². The van der Waals surface area contributed by atoms with Crippen molar-refractivity contribution in [2.24, 2.45) is 0 Å². The Bertz CT molecular complexity index is 692. The molecule has 24 heavy (non-hydrogen) atoms. The Balaban J connectivity index is 1.81. The molecule has 5 nitrogen and oxygen atoms in total. The highest BCUT2D eigenvalue weighted by atomic mass is 16.6. The largest absolute Gasteiger partial charge is 0.482 e. The SMILES string of the molecule is Cc1cc(C)cc(OCC(=O)OC(C)C(=O)Nc2ccccc2)c1. The first-order chi connectivity index (χ1) is 11.4. The van der Waals surface area contributed by atoms with Gasteiger partial charge in [-0.2, -0.15) is 0 Å². The number of ether oxygens (including phenoxy) is 2. The van der Waals surface area contributed by atoms with E-state index >= 15 is 0 Å². The Morgan fingerprint density at radius 3 is 2.29 bits per heavy atom. The molecule has 126 valence electrons. The minimum Gasteiger partial charge on any atom is -0.482 e. The first kappa shape index (κ1) is 17.5. The number of benzene rings is 2. The Hall–Kier alpha value is -2.82. The lowest BCUT2D eigenvalue weighted by atomic mass is 10.1. The highest BCUT2D eigenvalue weighted by Gasteiger charge is 2.18. The van der Waals surface area contributed by atoms with Crippen LogP contribution in [0.2, 0.25) is 0 Å². The van der Waals surface area contributed by atoms with E-state index in [2.05, 4.69) is 5.32 Å². The Morgan fingerprint density at radius 1 is 1.04 bits per heavy atom. The van der Waals surface area contributed by atoms with Crippen LogP contribution < -0.4 is 10.1 Å². The van der Waals surface area contributed by atoms with Crippen LogP contribution in [-0.2, 0) is 14.3 Å². The molecule has 2 rings (SSSR count). The number of hydrogen-bond donors (Lipinski definition) is 1. The normalized spacial score (nSPS) is 11.5. The van der Waals surface area contributed by atoms with Gasteiger partial charge in [0.2, 0.25) is 0 Å². The second-order valence-corrected chi connectivity index (χ2v) is 5.60. The average Bonchev–Trinajstić information content (AvgIpc) is 2.53. The van der Waals surface area contributed by atoms with Gasteiger partial charge in [-0.3, -0.25) is 4.79 Å². The number of carbonyl (C=O) groups is 2. The van der Waals surface area contributed by atoms with E-state index < -0.39 is 12.1 Å². The molecule has 0 fully saturated rings. The molecule has 0 aromatic heterocycles. The molecule has 0 aliphatic heterocycles. The van der Waals surface area contributed by atoms with Crippen molar-refractivity contribution >= 4 is 17.6 Å². The van der Waals surface area contributed by atoms with E-state index in [0.29, 0.717) is 11.4 Å². The number of para-hydroxylation sites is 1. The molecule has 5 heteroatoms. The van der Waals surface area contributed by atoms with E-state index in [-0.39, 0.29) is 12.5 Å². The molecule has 1 unspecified atom stereocenters. The first-order valence-corrected chi connectivity index (χ1v) is 7.70. The fourth-order valence-electron chi connectivity index (χ4n) is 2.21. The standard InChI is InChI=1S/C19H21NO4/c1-13-9-14(2)11-17(10-13)23-12-18(21)24-15(3)19(22)20-16-7-5-4-6-8-16/h4-11,15H,12H2,1-3H3,(H,20,22). The number of rotatable bonds is 6. The number of amides is 1. The fraction of sp³-hybridized carbons (Fsp3) is 0.263. The Morgan fingerprint density at radius 2 is 1.67 bits per heavy atom. The molecule has 0 aliphatic carbocycles. The second-order valence-electron chi connectivity index (χ2n) is 5.60. The summed E-state index contributed by atoms with van der Waals surface area (Å²) >= 11 is 0. The van der Waals surface area contributed by atoms with Gasteiger partial charge in [-0.25, -0.2) is 4.79 Å². The Labute approximate surface area is 141 Å². The summed E-state index contributed by atoms with van der Waals surface area (Å²) in [6.07, 6.45) is -0.902. The summed E-state index contributed by atoms with van der Waals surface area (Å²) < 4.78 is 10.5. The third-order valence-corrected chi connectivity index (χ3v) is 3.27. The minimum atomic E-state index is -0.902. The lowest BCUT2D eigenvalue weighted by Gasteiger charge is -2.14. The maximum absolute atomic E-state index is 12.0. The summed E-state index contributed by atoms with van der Waals surface area (Å²) in [7, 11) is 0. The summed E-state index contributed by atoms with van der Waals surface area (Å²) in [5, 5.41) is 2.68. The predicted octanol–water partition coefficient (Wildman–Crippen LogP) is 3.25. The summed E-state index contributed by atoms with van der Waals surface area (Å²) in [4.78, 5) is 23.8. The summed E-state index contributed by atoms with van der Waals surface area (Å²) in [6, 6.07) is 14.7. The van der Waals surface area contributed by atoms with Gasteiger partial charge in [-0.05, 0) is 56.2 Å². The number of nitrogens with one attached hydrogen (secondary N) is 1. The van der Waals surface area contributed by atoms with Crippen molar-refractivity contribution in [3.63, 3.8) is 0 Å². The maximum Gasteiger partial charge on any atom is 0.344 e. The molecule has 0 saturated carbocycles. The van der Waals surface area contributed by atoms with E-state index in [1.807, 2.05) is 50.2 Å². The van der Waals surface area contributed by atoms with Crippen molar-refractivity contribution in [2.75, 3.05) is 11.9 Å². The molecular formula is C19H21NO4. The van der Waals surface area contributed by atoms with Crippen LogP contribution in [0.4, 0.5) is 5.69 Å². The van der Waals surface area contributed by atoms with Crippen LogP contribution >= 0.6 is 0 Å². The van der Waals surface area contributed by atoms with Gasteiger partial charge in [0, 0.05) is 5.69 Å². The Kier molecular flexibility index (Phi) is 5.95. The molecule has 1 N–H and O–H groups in total. The molecule has 2 aromatic carbocycles. The van der Waals surface area contributed by atoms with Crippen molar-refractivity contribution in [3.8, 4) is 5.75 Å². The zero-order valence-electron chi connectivity index (χ0n) is 14.0. The van der Waals surface area contributed by atoms with E-state index in [9.17, 15) is 9.59 Å². The van der Waals surface area contributed by atoms with Gasteiger partial charge >= 0.3 is 5.97 Å². The van der Waals surface area contributed by atoms with Crippen molar-refractivity contribution in [2.45, 2.75) is 26.9 Å². The van der Waals surface area contributed by atoms with E-state index in [1.165, 1.54) is 6.92 Å². The number of hydrogen-bond acceptors (Lipinski definition) is 4. The van der Waals surface area contributed by atoms with Crippen LogP contribution in [0.1, 0.15) is 18.1 Å². The van der Waals surface area contributed by atoms with Crippen LogP contribution in [0.3, 0.4) is 0 Å². The number of carbonyl (C=O) groups excluding carboxylic acids is 2. The van der Waals surface area contributed by atoms with Crippen LogP contribution in [-0.4, -0.2) is 24.6 Å². The lowest BCUT2D eigenvalue weighted by Crippen LogP contribution is -2.31. The zero-order valence-corrected chi connectivity index (χ0v) is 14.0. The molecule has 0 spiro atoms. The number of aryl methyl sites for hydroxylation is 2. The van der Waals surface area contributed by atoms with Gasteiger partial charge in [0.15, 0.2) is 12.7 Å². The molecule has 0 heterocycles. The topological polar surface area (TPSA) is 64.6 Å². The van der Waals surface area contributed by atoms with Gasteiger partial charge in [0.25, 0.3) is 5.91 Å². The smallest absolute Gasteiger partial charge is 0.344 e. The third-order valence-electron chi connectivity index (χ3n) is 3.27. The van der Waals surface area contributed by atoms with E-state index in [1.54, 1.807) is 12.1 Å². The molecule has 2 aromatic rings. The van der Waals surface area contributed by atoms with Crippen molar-refractivity contribution < 1.29 is 19.1 Å².